The number of halogens is 4. The molecule has 12 aromatic carbocycles. The fraction of sp³-hybridized carbons (Fsp3) is 0.183. The van der Waals surface area contributed by atoms with E-state index in [1.165, 1.54) is 19.6 Å². The summed E-state index contributed by atoms with van der Waals surface area (Å²) >= 11 is 0. The zero-order chi connectivity index (χ0) is 79.9. The van der Waals surface area contributed by atoms with Crippen molar-refractivity contribution in [3.8, 4) is 80.5 Å². The van der Waals surface area contributed by atoms with Gasteiger partial charge in [0.25, 0.3) is 23.6 Å². The smallest absolute Gasteiger partial charge is 0.258 e. The van der Waals surface area contributed by atoms with Gasteiger partial charge in [-0.15, -0.1) is 0 Å². The van der Waals surface area contributed by atoms with Crippen molar-refractivity contribution in [1.82, 2.24) is 0 Å². The first-order valence-electron chi connectivity index (χ1n) is 37.3. The standard InChI is InChI=1S/C25H24FNO3.C23H20FNO4.C23H20FNO3.C22H18FNO4/c1-25(2)15-18-9-8-10-19(24(18)30-25)17-27(23(28)16-26)21-13-6-7-14-22(21)29-20-11-4-3-5-12-20;24-15-22(26)25(16-17-7-6-12-21-23(17)28-14-13-27-21)19-10-4-5-11-20(19)29-18-8-2-1-3-9-18;24-15-22(26)25(16-18-8-6-7-17-13-14-27-23(17)18)20-11-4-5-12-21(20)28-19-9-2-1-3-10-19;23-13-21(25)24(14-16-7-6-12-20-22(16)27-15-26-20)18-10-4-5-11-19(18)28-17-8-2-1-3-9-17/h3-14H,15-17H2,1-2H3;1-12H,13-16H2;1-12H,13-16H2;1-12H,13-15H2/i26-1;2*24-1;23-1. The number of hydrogen-bond donors (Lipinski definition) is 0. The van der Waals surface area contributed by atoms with E-state index in [0.717, 1.165) is 57.7 Å². The van der Waals surface area contributed by atoms with E-state index in [4.69, 9.17) is 47.4 Å². The summed E-state index contributed by atoms with van der Waals surface area (Å²) in [6.45, 7) is 1.94. The van der Waals surface area contributed by atoms with E-state index in [9.17, 15) is 36.7 Å². The Morgan fingerprint density at radius 3 is 1.00 bits per heavy atom. The van der Waals surface area contributed by atoms with Gasteiger partial charge in [-0.3, -0.25) is 19.2 Å². The summed E-state index contributed by atoms with van der Waals surface area (Å²) < 4.78 is 112. The second-order valence-electron chi connectivity index (χ2n) is 27.0. The first kappa shape index (κ1) is 79.3. The lowest BCUT2D eigenvalue weighted by Gasteiger charge is -2.27. The van der Waals surface area contributed by atoms with Crippen molar-refractivity contribution in [1.29, 1.82) is 0 Å². The Labute approximate surface area is 663 Å². The van der Waals surface area contributed by atoms with Gasteiger partial charge >= 0.3 is 0 Å². The van der Waals surface area contributed by atoms with E-state index >= 15 is 0 Å². The minimum atomic E-state index is -1.12. The zero-order valence-corrected chi connectivity index (χ0v) is 63.1. The molecule has 4 aliphatic rings. The molecule has 0 radical (unpaired) electrons. The highest BCUT2D eigenvalue weighted by atomic mass is 18.2. The van der Waals surface area contributed by atoms with Crippen LogP contribution in [-0.4, -0.2) is 82.5 Å². The first-order valence-corrected chi connectivity index (χ1v) is 37.3. The van der Waals surface area contributed by atoms with Gasteiger partial charge in [0.1, 0.15) is 53.3 Å². The van der Waals surface area contributed by atoms with Crippen molar-refractivity contribution >= 4 is 46.4 Å². The van der Waals surface area contributed by atoms with Crippen LogP contribution >= 0.6 is 0 Å². The van der Waals surface area contributed by atoms with Crippen LogP contribution in [0.2, 0.25) is 0 Å². The van der Waals surface area contributed by atoms with Crippen molar-refractivity contribution < 1.29 is 84.1 Å². The maximum Gasteiger partial charge on any atom is 0.258 e. The number of fused-ring (bicyclic) bond motifs is 4. The number of carbonyl (C=O) groups is 4. The third-order valence-electron chi connectivity index (χ3n) is 18.6. The summed E-state index contributed by atoms with van der Waals surface area (Å²) in [4.78, 5) is 55.6. The molecule has 0 fully saturated rings. The summed E-state index contributed by atoms with van der Waals surface area (Å²) in [5.74, 6) is 5.80. The van der Waals surface area contributed by atoms with Crippen molar-refractivity contribution in [2.75, 3.05) is 72.9 Å². The second-order valence-corrected chi connectivity index (χ2v) is 27.0. The molecule has 4 heterocycles. The van der Waals surface area contributed by atoms with E-state index in [0.29, 0.717) is 112 Å². The zero-order valence-electron chi connectivity index (χ0n) is 63.1. The van der Waals surface area contributed by atoms with E-state index < -0.39 is 50.3 Å². The topological polar surface area (TPSA) is 174 Å². The number of carbonyl (C=O) groups excluding carboxylic acids is 4. The summed E-state index contributed by atoms with van der Waals surface area (Å²) in [5.41, 5.74) is 7.05. The molecule has 0 aromatic heterocycles. The largest absolute Gasteiger partial charge is 0.493 e. The Morgan fingerprint density at radius 2 is 0.617 bits per heavy atom. The Bertz CT molecular complexity index is 5140. The first-order chi connectivity index (χ1) is 56.2. The normalized spacial score (nSPS) is 12.6. The lowest BCUT2D eigenvalue weighted by Crippen LogP contribution is -2.32. The molecule has 0 N–H and O–H groups in total. The molecule has 586 valence electrons. The highest BCUT2D eigenvalue weighted by Crippen LogP contribution is 2.44. The van der Waals surface area contributed by atoms with Gasteiger partial charge in [0.05, 0.1) is 55.5 Å². The molecular formula is C93H82F4N4O14. The fourth-order valence-electron chi connectivity index (χ4n) is 13.3. The molecule has 0 spiro atoms. The molecule has 0 saturated carbocycles. The molecule has 115 heavy (non-hydrogen) atoms. The molecule has 4 amide bonds. The average molecular weight is 1550 g/mol. The number of nitrogens with zero attached hydrogens (tertiary/aromatic N) is 4. The Balaban J connectivity index is 0.000000134. The molecule has 12 aromatic rings. The summed E-state index contributed by atoms with van der Waals surface area (Å²) in [7, 11) is 0. The minimum Gasteiger partial charge on any atom is -0.493 e. The molecule has 0 saturated heterocycles. The van der Waals surface area contributed by atoms with Gasteiger partial charge in [-0.2, -0.15) is 0 Å². The number of anilines is 4. The van der Waals surface area contributed by atoms with Crippen LogP contribution in [0.15, 0.2) is 291 Å². The number of ether oxygens (including phenoxy) is 10. The third-order valence-corrected chi connectivity index (χ3v) is 18.6. The van der Waals surface area contributed by atoms with Crippen LogP contribution in [0.4, 0.5) is 40.3 Å². The predicted octanol–water partition coefficient (Wildman–Crippen LogP) is 20.1. The number of alkyl halides is 4. The van der Waals surface area contributed by atoms with Gasteiger partial charge in [-0.25, -0.2) is 17.6 Å². The van der Waals surface area contributed by atoms with Crippen molar-refractivity contribution in [3.05, 3.63) is 325 Å². The summed E-state index contributed by atoms with van der Waals surface area (Å²) in [6.07, 6.45) is 1.63. The van der Waals surface area contributed by atoms with E-state index in [1.54, 1.807) is 91.0 Å². The van der Waals surface area contributed by atoms with E-state index in [1.807, 2.05) is 214 Å². The summed E-state index contributed by atoms with van der Waals surface area (Å²) in [5, 5.41) is 0. The number of benzene rings is 12. The van der Waals surface area contributed by atoms with Crippen LogP contribution in [0.5, 0.6) is 80.5 Å². The Hall–Kier alpha value is -13.8. The van der Waals surface area contributed by atoms with E-state index in [-0.39, 0.29) is 38.6 Å². The van der Waals surface area contributed by atoms with Gasteiger partial charge in [-0.05, 0) is 134 Å². The van der Waals surface area contributed by atoms with Crippen LogP contribution in [0.1, 0.15) is 47.2 Å². The third kappa shape index (κ3) is 20.1. The van der Waals surface area contributed by atoms with Crippen LogP contribution in [0, 0.1) is 0 Å². The van der Waals surface area contributed by atoms with Crippen molar-refractivity contribution in [2.24, 2.45) is 0 Å². The number of para-hydroxylation sites is 16. The average Bonchev–Trinajstić information content (AvgIpc) is 1.44. The highest BCUT2D eigenvalue weighted by molar-refractivity contribution is 5.98. The number of amides is 4. The van der Waals surface area contributed by atoms with Gasteiger partial charge in [0, 0.05) is 35.1 Å². The highest BCUT2D eigenvalue weighted by Gasteiger charge is 2.34. The Kier molecular flexibility index (Phi) is 26.5. The van der Waals surface area contributed by atoms with Crippen molar-refractivity contribution in [3.63, 3.8) is 0 Å². The molecule has 18 nitrogen and oxygen atoms in total. The van der Waals surface area contributed by atoms with Gasteiger partial charge < -0.3 is 67.0 Å². The molecule has 0 aliphatic carbocycles. The molecule has 0 unspecified atom stereocenters. The second kappa shape index (κ2) is 38.4. The van der Waals surface area contributed by atoms with Crippen LogP contribution in [0.3, 0.4) is 0 Å². The van der Waals surface area contributed by atoms with Crippen LogP contribution in [0.25, 0.3) is 0 Å². The van der Waals surface area contributed by atoms with Gasteiger partial charge in [0.15, 0.2) is 72.7 Å². The molecule has 0 atom stereocenters. The minimum absolute atomic E-state index is 0.122. The molecular weight excluding hydrogens is 1470 g/mol. The molecule has 22 heteroatoms. The van der Waals surface area contributed by atoms with Gasteiger partial charge in [0.2, 0.25) is 6.79 Å². The van der Waals surface area contributed by atoms with Crippen molar-refractivity contribution in [2.45, 2.75) is 58.5 Å². The maximum absolute atomic E-state index is 13.5. The van der Waals surface area contributed by atoms with E-state index in [2.05, 4.69) is 0 Å². The molecule has 0 bridgehead atoms. The number of hydrogen-bond acceptors (Lipinski definition) is 14. The lowest BCUT2D eigenvalue weighted by molar-refractivity contribution is -0.120. The fourth-order valence-corrected chi connectivity index (χ4v) is 13.3. The molecule has 4 aliphatic heterocycles. The lowest BCUT2D eigenvalue weighted by atomic mass is 10.0. The molecule has 16 rings (SSSR count). The SMILES string of the molecule is CC1(C)Cc2cccc(CN(C(=O)C[18F])c3ccccc3Oc3ccccc3)c2O1.O=C(C[18F])N(Cc1cccc2c1OCC2)c1ccccc1Oc1ccccc1.O=C(C[18F])N(Cc1cccc2c1OCCO2)c1ccccc1Oc1ccccc1.O=C(C[18F])N(Cc1cccc2c1OCO2)c1ccccc1Oc1ccccc1. The van der Waals surface area contributed by atoms with Crippen LogP contribution < -0.4 is 67.0 Å². The summed E-state index contributed by atoms with van der Waals surface area (Å²) in [6, 6.07) is 88.2. The quantitative estimate of drug-likeness (QED) is 0.0523. The van der Waals surface area contributed by atoms with Crippen LogP contribution in [-0.2, 0) is 58.2 Å². The predicted molar refractivity (Wildman–Crippen MR) is 431 cm³/mol. The van der Waals surface area contributed by atoms with Gasteiger partial charge in [-0.1, -0.05) is 182 Å². The monoisotopic (exact) mass is 1550 g/mol. The number of rotatable bonds is 24. The Morgan fingerprint density at radius 1 is 0.313 bits per heavy atom. The maximum atomic E-state index is 13.5.